The van der Waals surface area contributed by atoms with Crippen molar-refractivity contribution in [2.45, 2.75) is 6.92 Å². The second-order valence-electron chi connectivity index (χ2n) is 2.82. The van der Waals surface area contributed by atoms with E-state index in [1.807, 2.05) is 6.07 Å². The van der Waals surface area contributed by atoms with Gasteiger partial charge in [-0.25, -0.2) is 4.79 Å². The lowest BCUT2D eigenvalue weighted by Gasteiger charge is -2.08. The fourth-order valence-electron chi connectivity index (χ4n) is 1.16. The number of ether oxygens (including phenoxy) is 1. The second kappa shape index (κ2) is 4.33. The molecule has 0 spiro atoms. The topological polar surface area (TPSA) is 102 Å². The molecular formula is C10H11N3O2. The minimum atomic E-state index is -0.607. The zero-order chi connectivity index (χ0) is 11.4. The molecule has 0 radical (unpaired) electrons. The van der Waals surface area contributed by atoms with Gasteiger partial charge in [0, 0.05) is 5.69 Å². The third-order valence-corrected chi connectivity index (χ3v) is 1.88. The molecule has 0 fully saturated rings. The van der Waals surface area contributed by atoms with Gasteiger partial charge in [0.2, 0.25) is 0 Å². The Kier molecular flexibility index (Phi) is 3.13. The zero-order valence-electron chi connectivity index (χ0n) is 8.28. The average molecular weight is 205 g/mol. The number of hydrogen-bond donors (Lipinski definition) is 2. The summed E-state index contributed by atoms with van der Waals surface area (Å²) in [4.78, 5) is 11.5. The van der Waals surface area contributed by atoms with Gasteiger partial charge in [0.15, 0.2) is 0 Å². The molecule has 1 aromatic rings. The third kappa shape index (κ3) is 1.99. The van der Waals surface area contributed by atoms with E-state index in [0.29, 0.717) is 0 Å². The molecule has 0 atom stereocenters. The highest BCUT2D eigenvalue weighted by Gasteiger charge is 2.17. The first-order chi connectivity index (χ1) is 7.11. The summed E-state index contributed by atoms with van der Waals surface area (Å²) >= 11 is 0. The van der Waals surface area contributed by atoms with Crippen molar-refractivity contribution in [3.8, 4) is 6.07 Å². The molecule has 0 aliphatic heterocycles. The molecule has 5 heteroatoms. The summed E-state index contributed by atoms with van der Waals surface area (Å²) in [5, 5.41) is 8.72. The van der Waals surface area contributed by atoms with Crippen molar-refractivity contribution in [3.63, 3.8) is 0 Å². The number of nitriles is 1. The van der Waals surface area contributed by atoms with Crippen LogP contribution in [0.4, 0.5) is 11.4 Å². The zero-order valence-corrected chi connectivity index (χ0v) is 8.28. The van der Waals surface area contributed by atoms with E-state index in [1.165, 1.54) is 12.1 Å². The standard InChI is InChI=1S/C10H11N3O2/c1-2-15-10(14)8-7(12)4-3-6(5-11)9(8)13/h3-4H,2,12-13H2,1H3. The van der Waals surface area contributed by atoms with Crippen molar-refractivity contribution in [2.24, 2.45) is 0 Å². The van der Waals surface area contributed by atoms with Crippen molar-refractivity contribution in [3.05, 3.63) is 23.3 Å². The smallest absolute Gasteiger partial charge is 0.342 e. The number of nitrogens with zero attached hydrogens (tertiary/aromatic N) is 1. The molecule has 0 unspecified atom stereocenters. The van der Waals surface area contributed by atoms with E-state index < -0.39 is 5.97 Å². The molecule has 0 heterocycles. The van der Waals surface area contributed by atoms with Gasteiger partial charge in [-0.05, 0) is 19.1 Å². The molecule has 78 valence electrons. The maximum absolute atomic E-state index is 11.5. The van der Waals surface area contributed by atoms with E-state index in [-0.39, 0.29) is 29.1 Å². The highest BCUT2D eigenvalue weighted by Crippen LogP contribution is 2.24. The Morgan fingerprint density at radius 1 is 1.53 bits per heavy atom. The summed E-state index contributed by atoms with van der Waals surface area (Å²) < 4.78 is 4.78. The summed E-state index contributed by atoms with van der Waals surface area (Å²) in [5.74, 6) is -0.607. The highest BCUT2D eigenvalue weighted by atomic mass is 16.5. The Morgan fingerprint density at radius 2 is 2.20 bits per heavy atom. The van der Waals surface area contributed by atoms with Crippen LogP contribution in [0.15, 0.2) is 12.1 Å². The fourth-order valence-corrected chi connectivity index (χ4v) is 1.16. The van der Waals surface area contributed by atoms with Crippen LogP contribution in [0.2, 0.25) is 0 Å². The maximum Gasteiger partial charge on any atom is 0.342 e. The lowest BCUT2D eigenvalue weighted by Crippen LogP contribution is -2.12. The monoisotopic (exact) mass is 205 g/mol. The third-order valence-electron chi connectivity index (χ3n) is 1.88. The van der Waals surface area contributed by atoms with Gasteiger partial charge >= 0.3 is 5.97 Å². The first-order valence-electron chi connectivity index (χ1n) is 4.37. The number of carbonyl (C=O) groups excluding carboxylic acids is 1. The Balaban J connectivity index is 3.28. The van der Waals surface area contributed by atoms with Gasteiger partial charge in [0.1, 0.15) is 11.6 Å². The summed E-state index contributed by atoms with van der Waals surface area (Å²) in [7, 11) is 0. The second-order valence-corrected chi connectivity index (χ2v) is 2.82. The van der Waals surface area contributed by atoms with Crippen LogP contribution in [-0.2, 0) is 4.74 Å². The molecule has 0 saturated carbocycles. The van der Waals surface area contributed by atoms with E-state index in [2.05, 4.69) is 0 Å². The van der Waals surface area contributed by atoms with Crippen molar-refractivity contribution >= 4 is 17.3 Å². The van der Waals surface area contributed by atoms with E-state index in [0.717, 1.165) is 0 Å². The normalized spacial score (nSPS) is 9.33. The van der Waals surface area contributed by atoms with Crippen LogP contribution in [-0.4, -0.2) is 12.6 Å². The van der Waals surface area contributed by atoms with Crippen LogP contribution >= 0.6 is 0 Å². The molecule has 0 bridgehead atoms. The van der Waals surface area contributed by atoms with Crippen LogP contribution in [0.1, 0.15) is 22.8 Å². The molecule has 1 rings (SSSR count). The lowest BCUT2D eigenvalue weighted by atomic mass is 10.1. The minimum Gasteiger partial charge on any atom is -0.462 e. The summed E-state index contributed by atoms with van der Waals surface area (Å²) in [6.07, 6.45) is 0. The number of anilines is 2. The van der Waals surface area contributed by atoms with E-state index >= 15 is 0 Å². The van der Waals surface area contributed by atoms with Gasteiger partial charge in [-0.15, -0.1) is 0 Å². The van der Waals surface area contributed by atoms with Gasteiger partial charge in [-0.2, -0.15) is 5.26 Å². The van der Waals surface area contributed by atoms with Crippen LogP contribution in [0.5, 0.6) is 0 Å². The molecule has 1 aromatic carbocycles. The molecule has 0 amide bonds. The quantitative estimate of drug-likeness (QED) is 0.551. The summed E-state index contributed by atoms with van der Waals surface area (Å²) in [6, 6.07) is 4.80. The predicted molar refractivity (Wildman–Crippen MR) is 55.9 cm³/mol. The molecule has 0 aliphatic rings. The largest absolute Gasteiger partial charge is 0.462 e. The molecular weight excluding hydrogens is 194 g/mol. The number of benzene rings is 1. The first kappa shape index (κ1) is 10.9. The van der Waals surface area contributed by atoms with E-state index in [9.17, 15) is 4.79 Å². The Bertz CT molecular complexity index is 435. The molecule has 5 nitrogen and oxygen atoms in total. The first-order valence-corrected chi connectivity index (χ1v) is 4.37. The molecule has 15 heavy (non-hydrogen) atoms. The van der Waals surface area contributed by atoms with Crippen LogP contribution in [0, 0.1) is 11.3 Å². The molecule has 0 aromatic heterocycles. The Hall–Kier alpha value is -2.22. The van der Waals surface area contributed by atoms with Crippen LogP contribution in [0.3, 0.4) is 0 Å². The summed E-state index contributed by atoms with van der Waals surface area (Å²) in [5.41, 5.74) is 11.8. The van der Waals surface area contributed by atoms with Crippen molar-refractivity contribution in [1.29, 1.82) is 5.26 Å². The van der Waals surface area contributed by atoms with E-state index in [4.69, 9.17) is 21.5 Å². The van der Waals surface area contributed by atoms with Gasteiger partial charge in [0.05, 0.1) is 17.9 Å². The lowest BCUT2D eigenvalue weighted by molar-refractivity contribution is 0.0529. The SMILES string of the molecule is CCOC(=O)c1c(N)ccc(C#N)c1N. The molecule has 0 saturated heterocycles. The van der Waals surface area contributed by atoms with Crippen molar-refractivity contribution in [2.75, 3.05) is 18.1 Å². The minimum absolute atomic E-state index is 0.0656. The number of nitrogen functional groups attached to an aromatic ring is 2. The highest BCUT2D eigenvalue weighted by molar-refractivity contribution is 6.01. The van der Waals surface area contributed by atoms with E-state index in [1.54, 1.807) is 6.92 Å². The Labute approximate surface area is 87.2 Å². The van der Waals surface area contributed by atoms with Gasteiger partial charge in [-0.1, -0.05) is 0 Å². The van der Waals surface area contributed by atoms with Crippen molar-refractivity contribution in [1.82, 2.24) is 0 Å². The number of rotatable bonds is 2. The van der Waals surface area contributed by atoms with Crippen molar-refractivity contribution < 1.29 is 9.53 Å². The summed E-state index contributed by atoms with van der Waals surface area (Å²) in [6.45, 7) is 1.91. The maximum atomic E-state index is 11.5. The van der Waals surface area contributed by atoms with Crippen LogP contribution < -0.4 is 11.5 Å². The number of carbonyl (C=O) groups is 1. The molecule has 4 N–H and O–H groups in total. The molecule has 0 aliphatic carbocycles. The number of esters is 1. The van der Waals surface area contributed by atoms with Gasteiger partial charge < -0.3 is 16.2 Å². The van der Waals surface area contributed by atoms with Gasteiger partial charge in [-0.3, -0.25) is 0 Å². The van der Waals surface area contributed by atoms with Gasteiger partial charge in [0.25, 0.3) is 0 Å². The predicted octanol–water partition coefficient (Wildman–Crippen LogP) is 0.899. The average Bonchev–Trinajstić information content (AvgIpc) is 2.18. The number of nitrogens with two attached hydrogens (primary N) is 2. The fraction of sp³-hybridized carbons (Fsp3) is 0.200. The Morgan fingerprint density at radius 3 is 2.73 bits per heavy atom. The van der Waals surface area contributed by atoms with Crippen LogP contribution in [0.25, 0.3) is 0 Å². The number of hydrogen-bond acceptors (Lipinski definition) is 5.